The summed E-state index contributed by atoms with van der Waals surface area (Å²) in [5, 5.41) is 8.69. The topological polar surface area (TPSA) is 51.4 Å². The minimum absolute atomic E-state index is 0.00857. The van der Waals surface area contributed by atoms with Gasteiger partial charge >= 0.3 is 0 Å². The Morgan fingerprint density at radius 2 is 2.12 bits per heavy atom. The number of aliphatic imine (C=N–C) groups is 1. The lowest BCUT2D eigenvalue weighted by atomic mass is 9.98. The molecule has 7 heteroatoms. The van der Waals surface area contributed by atoms with Crippen molar-refractivity contribution in [3.8, 4) is 0 Å². The number of hydrogen-bond acceptors (Lipinski definition) is 4. The average Bonchev–Trinajstić information content (AvgIpc) is 2.97. The molecule has 3 aromatic rings. The molecule has 0 spiro atoms. The van der Waals surface area contributed by atoms with Gasteiger partial charge in [-0.25, -0.2) is 4.39 Å². The van der Waals surface area contributed by atoms with Gasteiger partial charge in [-0.05, 0) is 19.1 Å². The summed E-state index contributed by atoms with van der Waals surface area (Å²) in [6, 6.07) is 8.92. The van der Waals surface area contributed by atoms with Gasteiger partial charge in [-0.2, -0.15) is 0 Å². The van der Waals surface area contributed by atoms with Crippen LogP contribution in [-0.2, 0) is 0 Å². The van der Waals surface area contributed by atoms with E-state index in [2.05, 4.69) is 10.4 Å². The molecule has 2 aromatic carbocycles. The molecule has 0 saturated carbocycles. The van der Waals surface area contributed by atoms with Crippen LogP contribution in [0.1, 0.15) is 18.1 Å². The predicted molar refractivity (Wildman–Crippen MR) is 97.2 cm³/mol. The molecule has 0 bridgehead atoms. The maximum atomic E-state index is 14.8. The SMILES string of the molecule is COn1ncc2c3c(cc(F)c21)C(c1ccccc1Cl)=NC(C)CN3. The van der Waals surface area contributed by atoms with Crippen LogP contribution in [0, 0.1) is 5.82 Å². The van der Waals surface area contributed by atoms with Crippen molar-refractivity contribution in [2.45, 2.75) is 13.0 Å². The van der Waals surface area contributed by atoms with E-state index in [1.165, 1.54) is 18.0 Å². The third kappa shape index (κ3) is 2.53. The highest BCUT2D eigenvalue weighted by Crippen LogP contribution is 2.34. The summed E-state index contributed by atoms with van der Waals surface area (Å²) in [5.74, 6) is -0.427. The molecule has 1 aliphatic rings. The van der Waals surface area contributed by atoms with Crippen LogP contribution in [-0.4, -0.2) is 35.4 Å². The van der Waals surface area contributed by atoms with Crippen molar-refractivity contribution in [1.82, 2.24) is 9.94 Å². The zero-order valence-electron chi connectivity index (χ0n) is 13.8. The Labute approximate surface area is 149 Å². The number of halogens is 2. The van der Waals surface area contributed by atoms with Crippen molar-refractivity contribution < 1.29 is 9.23 Å². The van der Waals surface area contributed by atoms with Crippen LogP contribution in [0.2, 0.25) is 5.02 Å². The molecule has 0 amide bonds. The lowest BCUT2D eigenvalue weighted by Gasteiger charge is -2.13. The number of anilines is 1. The maximum absolute atomic E-state index is 14.8. The summed E-state index contributed by atoms with van der Waals surface area (Å²) >= 11 is 6.38. The Bertz CT molecular complexity index is 998. The molecule has 25 heavy (non-hydrogen) atoms. The molecular formula is C18H16ClFN4O. The van der Waals surface area contributed by atoms with Crippen LogP contribution >= 0.6 is 11.6 Å². The third-order valence-corrected chi connectivity index (χ3v) is 4.58. The largest absolute Gasteiger partial charge is 0.399 e. The fraction of sp³-hybridized carbons (Fsp3) is 0.222. The van der Waals surface area contributed by atoms with Gasteiger partial charge in [0.2, 0.25) is 0 Å². The highest BCUT2D eigenvalue weighted by atomic mass is 35.5. The van der Waals surface area contributed by atoms with E-state index in [9.17, 15) is 4.39 Å². The first-order valence-electron chi connectivity index (χ1n) is 7.91. The molecule has 1 atom stereocenters. The van der Waals surface area contributed by atoms with E-state index in [0.29, 0.717) is 33.7 Å². The molecule has 1 aliphatic heterocycles. The highest BCUT2D eigenvalue weighted by Gasteiger charge is 2.25. The minimum Gasteiger partial charge on any atom is -0.399 e. The number of fused-ring (bicyclic) bond motifs is 3. The van der Waals surface area contributed by atoms with Crippen molar-refractivity contribution in [1.29, 1.82) is 0 Å². The molecule has 5 nitrogen and oxygen atoms in total. The minimum atomic E-state index is -0.427. The van der Waals surface area contributed by atoms with Gasteiger partial charge in [-0.1, -0.05) is 34.6 Å². The van der Waals surface area contributed by atoms with E-state index in [0.717, 1.165) is 11.3 Å². The van der Waals surface area contributed by atoms with E-state index in [4.69, 9.17) is 21.4 Å². The molecular weight excluding hydrogens is 343 g/mol. The van der Waals surface area contributed by atoms with Crippen molar-refractivity contribution in [3.05, 3.63) is 58.5 Å². The molecule has 2 heterocycles. The normalized spacial score (nSPS) is 16.8. The average molecular weight is 359 g/mol. The van der Waals surface area contributed by atoms with E-state index >= 15 is 0 Å². The van der Waals surface area contributed by atoms with Crippen LogP contribution in [0.15, 0.2) is 41.5 Å². The summed E-state index contributed by atoms with van der Waals surface area (Å²) in [7, 11) is 1.45. The van der Waals surface area contributed by atoms with Gasteiger partial charge in [0.25, 0.3) is 0 Å². The second kappa shape index (κ2) is 6.04. The Morgan fingerprint density at radius 3 is 2.88 bits per heavy atom. The zero-order valence-corrected chi connectivity index (χ0v) is 14.5. The summed E-state index contributed by atoms with van der Waals surface area (Å²) in [4.78, 5) is 11.1. The molecule has 0 saturated heterocycles. The van der Waals surface area contributed by atoms with Crippen LogP contribution in [0.5, 0.6) is 0 Å². The molecule has 0 aliphatic carbocycles. The monoisotopic (exact) mass is 358 g/mol. The Morgan fingerprint density at radius 1 is 1.32 bits per heavy atom. The lowest BCUT2D eigenvalue weighted by molar-refractivity contribution is 0.143. The summed E-state index contributed by atoms with van der Waals surface area (Å²) in [6.45, 7) is 2.63. The Balaban J connectivity index is 2.03. The standard InChI is InChI=1S/C18H16ClFN4O/c1-10-8-21-16-12(17(23-10)11-5-3-4-6-14(11)19)7-15(20)18-13(16)9-22-24(18)25-2/h3-7,9-10,21H,8H2,1-2H3. The van der Waals surface area contributed by atoms with E-state index in [-0.39, 0.29) is 6.04 Å². The van der Waals surface area contributed by atoms with Crippen molar-refractivity contribution in [2.24, 2.45) is 4.99 Å². The molecule has 0 radical (unpaired) electrons. The quantitative estimate of drug-likeness (QED) is 0.762. The summed E-state index contributed by atoms with van der Waals surface area (Å²) in [6.07, 6.45) is 1.59. The first kappa shape index (κ1) is 15.9. The predicted octanol–water partition coefficient (Wildman–Crippen LogP) is 3.54. The smallest absolute Gasteiger partial charge is 0.153 e. The van der Waals surface area contributed by atoms with Crippen LogP contribution < -0.4 is 10.2 Å². The first-order valence-corrected chi connectivity index (χ1v) is 8.29. The summed E-state index contributed by atoms with van der Waals surface area (Å²) < 4.78 is 14.8. The van der Waals surface area contributed by atoms with Crippen molar-refractivity contribution in [2.75, 3.05) is 19.0 Å². The molecule has 1 aromatic heterocycles. The molecule has 4 rings (SSSR count). The third-order valence-electron chi connectivity index (χ3n) is 4.25. The lowest BCUT2D eigenvalue weighted by Crippen LogP contribution is -2.13. The number of aromatic nitrogens is 2. The van der Waals surface area contributed by atoms with Gasteiger partial charge in [0, 0.05) is 22.7 Å². The Hall–Kier alpha value is -2.60. The fourth-order valence-corrected chi connectivity index (χ4v) is 3.34. The molecule has 0 fully saturated rings. The van der Waals surface area contributed by atoms with Crippen molar-refractivity contribution in [3.63, 3.8) is 0 Å². The van der Waals surface area contributed by atoms with Gasteiger partial charge in [0.15, 0.2) is 5.82 Å². The van der Waals surface area contributed by atoms with Crippen LogP contribution in [0.25, 0.3) is 10.9 Å². The van der Waals surface area contributed by atoms with Gasteiger partial charge in [0.1, 0.15) is 12.6 Å². The van der Waals surface area contributed by atoms with Crippen LogP contribution in [0.4, 0.5) is 10.1 Å². The van der Waals surface area contributed by atoms with Gasteiger partial charge in [0.05, 0.1) is 29.0 Å². The fourth-order valence-electron chi connectivity index (χ4n) is 3.12. The van der Waals surface area contributed by atoms with Gasteiger partial charge < -0.3 is 10.2 Å². The van der Waals surface area contributed by atoms with Crippen LogP contribution in [0.3, 0.4) is 0 Å². The van der Waals surface area contributed by atoms with E-state index in [1.807, 2.05) is 25.1 Å². The zero-order chi connectivity index (χ0) is 17.6. The second-order valence-corrected chi connectivity index (χ2v) is 6.34. The van der Waals surface area contributed by atoms with E-state index < -0.39 is 5.82 Å². The number of nitrogens with one attached hydrogen (secondary N) is 1. The van der Waals surface area contributed by atoms with E-state index in [1.54, 1.807) is 12.3 Å². The first-order chi connectivity index (χ1) is 12.1. The molecule has 1 unspecified atom stereocenters. The number of benzene rings is 2. The number of nitrogens with zero attached hydrogens (tertiary/aromatic N) is 3. The van der Waals surface area contributed by atoms with Gasteiger partial charge in [-0.15, -0.1) is 5.10 Å². The maximum Gasteiger partial charge on any atom is 0.153 e. The molecule has 1 N–H and O–H groups in total. The highest BCUT2D eigenvalue weighted by molar-refractivity contribution is 6.36. The number of hydrogen-bond donors (Lipinski definition) is 1. The Kier molecular flexibility index (Phi) is 3.84. The summed E-state index contributed by atoms with van der Waals surface area (Å²) in [5.41, 5.74) is 3.19. The van der Waals surface area contributed by atoms with Crippen molar-refractivity contribution >= 4 is 33.9 Å². The second-order valence-electron chi connectivity index (χ2n) is 5.93. The van der Waals surface area contributed by atoms with Gasteiger partial charge in [-0.3, -0.25) is 4.99 Å². The molecule has 128 valence electrons. The number of rotatable bonds is 2.